The summed E-state index contributed by atoms with van der Waals surface area (Å²) in [5, 5.41) is -0.135. The predicted octanol–water partition coefficient (Wildman–Crippen LogP) is 6.27. The molecule has 0 fully saturated rings. The molecule has 0 radical (unpaired) electrons. The second-order valence-electron chi connectivity index (χ2n) is 5.56. The van der Waals surface area contributed by atoms with Gasteiger partial charge in [0.15, 0.2) is 0 Å². The molecule has 20 heavy (non-hydrogen) atoms. The lowest BCUT2D eigenvalue weighted by Gasteiger charge is -2.17. The summed E-state index contributed by atoms with van der Waals surface area (Å²) in [4.78, 5) is 1.13. The molecule has 0 bridgehead atoms. The van der Waals surface area contributed by atoms with Crippen molar-refractivity contribution < 1.29 is 4.74 Å². The Morgan fingerprint density at radius 2 is 2.05 bits per heavy atom. The Balaban J connectivity index is 1.99. The topological polar surface area (TPSA) is 9.23 Å². The lowest BCUT2D eigenvalue weighted by atomic mass is 9.86. The van der Waals surface area contributed by atoms with Gasteiger partial charge in [-0.1, -0.05) is 19.9 Å². The Bertz CT molecular complexity index is 646. The van der Waals surface area contributed by atoms with Crippen molar-refractivity contribution in [3.05, 3.63) is 48.5 Å². The zero-order valence-corrected chi connectivity index (χ0v) is 15.8. The molecule has 3 rings (SSSR count). The van der Waals surface area contributed by atoms with Crippen molar-refractivity contribution >= 4 is 54.8 Å². The molecule has 0 saturated heterocycles. The monoisotopic (exact) mass is 434 g/mol. The van der Waals surface area contributed by atoms with E-state index in [9.17, 15) is 0 Å². The van der Waals surface area contributed by atoms with Gasteiger partial charge in [0.2, 0.25) is 0 Å². The second kappa shape index (κ2) is 5.31. The summed E-state index contributed by atoms with van der Waals surface area (Å²) in [6.07, 6.45) is 0. The van der Waals surface area contributed by atoms with Crippen molar-refractivity contribution in [2.24, 2.45) is 0 Å². The molecule has 0 amide bonds. The highest BCUT2D eigenvalue weighted by Crippen LogP contribution is 2.44. The van der Waals surface area contributed by atoms with E-state index in [4.69, 9.17) is 16.3 Å². The fourth-order valence-electron chi connectivity index (χ4n) is 2.35. The molecule has 1 atom stereocenters. The van der Waals surface area contributed by atoms with Crippen LogP contribution in [0.3, 0.4) is 0 Å². The Morgan fingerprint density at radius 3 is 2.70 bits per heavy atom. The van der Waals surface area contributed by atoms with Crippen molar-refractivity contribution in [2.45, 2.75) is 24.6 Å². The molecule has 2 heterocycles. The van der Waals surface area contributed by atoms with E-state index in [-0.39, 0.29) is 10.8 Å². The molecule has 0 saturated carbocycles. The van der Waals surface area contributed by atoms with Crippen LogP contribution in [0.15, 0.2) is 32.5 Å². The Hall–Kier alpha value is -0.0300. The molecular formula is C15H13Br2ClOS. The van der Waals surface area contributed by atoms with Crippen LogP contribution >= 0.6 is 54.8 Å². The normalized spacial score (nSPS) is 17.6. The molecule has 0 aliphatic carbocycles. The van der Waals surface area contributed by atoms with Gasteiger partial charge in [-0.15, -0.1) is 22.9 Å². The maximum Gasteiger partial charge on any atom is 0.123 e. The first kappa shape index (κ1) is 14.9. The van der Waals surface area contributed by atoms with E-state index >= 15 is 0 Å². The summed E-state index contributed by atoms with van der Waals surface area (Å²) in [7, 11) is 0. The van der Waals surface area contributed by atoms with E-state index in [0.29, 0.717) is 0 Å². The van der Waals surface area contributed by atoms with Crippen molar-refractivity contribution in [3.8, 4) is 5.75 Å². The number of hydrogen-bond donors (Lipinski definition) is 0. The maximum atomic E-state index is 6.64. The summed E-state index contributed by atoms with van der Waals surface area (Å²) in [5.41, 5.74) is 2.42. The van der Waals surface area contributed by atoms with Gasteiger partial charge >= 0.3 is 0 Å². The first-order valence-corrected chi connectivity index (χ1v) is 9.08. The predicted molar refractivity (Wildman–Crippen MR) is 92.4 cm³/mol. The summed E-state index contributed by atoms with van der Waals surface area (Å²) < 4.78 is 7.84. The van der Waals surface area contributed by atoms with E-state index in [1.807, 2.05) is 6.07 Å². The largest absolute Gasteiger partial charge is 0.492 e. The maximum absolute atomic E-state index is 6.64. The van der Waals surface area contributed by atoms with E-state index in [1.165, 1.54) is 5.56 Å². The molecule has 106 valence electrons. The minimum atomic E-state index is -0.135. The molecule has 0 N–H and O–H groups in total. The molecular weight excluding hydrogens is 423 g/mol. The second-order valence-corrected chi connectivity index (χ2v) is 9.25. The molecule has 1 aliphatic heterocycles. The van der Waals surface area contributed by atoms with Gasteiger partial charge in [0, 0.05) is 20.3 Å². The number of ether oxygens (including phenoxy) is 1. The zero-order valence-electron chi connectivity index (χ0n) is 11.0. The highest BCUT2D eigenvalue weighted by atomic mass is 79.9. The van der Waals surface area contributed by atoms with Gasteiger partial charge in [-0.05, 0) is 55.6 Å². The van der Waals surface area contributed by atoms with Crippen LogP contribution in [-0.4, -0.2) is 6.61 Å². The minimum Gasteiger partial charge on any atom is -0.492 e. The third-order valence-electron chi connectivity index (χ3n) is 3.53. The van der Waals surface area contributed by atoms with Gasteiger partial charge < -0.3 is 4.74 Å². The van der Waals surface area contributed by atoms with Gasteiger partial charge in [0.1, 0.15) is 5.75 Å². The van der Waals surface area contributed by atoms with E-state index in [0.717, 1.165) is 31.1 Å². The third kappa shape index (κ3) is 2.56. The van der Waals surface area contributed by atoms with Crippen molar-refractivity contribution in [3.63, 3.8) is 0 Å². The van der Waals surface area contributed by atoms with Gasteiger partial charge in [0.25, 0.3) is 0 Å². The first-order valence-electron chi connectivity index (χ1n) is 6.24. The van der Waals surface area contributed by atoms with Gasteiger partial charge in [0.05, 0.1) is 15.8 Å². The smallest absolute Gasteiger partial charge is 0.123 e. The number of hydrogen-bond acceptors (Lipinski definition) is 2. The molecule has 1 aromatic heterocycles. The lowest BCUT2D eigenvalue weighted by molar-refractivity contribution is 0.291. The van der Waals surface area contributed by atoms with Crippen molar-refractivity contribution in [1.29, 1.82) is 0 Å². The average Bonchev–Trinajstić information content (AvgIpc) is 2.90. The lowest BCUT2D eigenvalue weighted by Crippen LogP contribution is -2.18. The highest BCUT2D eigenvalue weighted by Gasteiger charge is 2.32. The number of benzene rings is 1. The van der Waals surface area contributed by atoms with E-state index in [2.05, 4.69) is 63.9 Å². The van der Waals surface area contributed by atoms with Crippen LogP contribution in [0.2, 0.25) is 0 Å². The molecule has 1 aromatic carbocycles. The zero-order chi connectivity index (χ0) is 14.5. The Morgan fingerprint density at radius 1 is 1.30 bits per heavy atom. The average molecular weight is 437 g/mol. The van der Waals surface area contributed by atoms with Crippen LogP contribution in [0, 0.1) is 0 Å². The molecule has 1 unspecified atom stereocenters. The fourth-order valence-corrected chi connectivity index (χ4v) is 4.78. The van der Waals surface area contributed by atoms with Crippen LogP contribution in [-0.2, 0) is 5.41 Å². The van der Waals surface area contributed by atoms with E-state index < -0.39 is 0 Å². The Kier molecular flexibility index (Phi) is 3.95. The third-order valence-corrected chi connectivity index (χ3v) is 7.47. The van der Waals surface area contributed by atoms with Crippen LogP contribution < -0.4 is 4.74 Å². The molecule has 1 aliphatic rings. The quantitative estimate of drug-likeness (QED) is 0.504. The van der Waals surface area contributed by atoms with Gasteiger partial charge in [-0.2, -0.15) is 0 Å². The minimum absolute atomic E-state index is 0.0541. The fraction of sp³-hybridized carbons (Fsp3) is 0.333. The Labute approximate surface area is 144 Å². The van der Waals surface area contributed by atoms with Crippen LogP contribution in [0.25, 0.3) is 0 Å². The number of rotatable bonds is 2. The van der Waals surface area contributed by atoms with Crippen molar-refractivity contribution in [1.82, 2.24) is 0 Å². The highest BCUT2D eigenvalue weighted by molar-refractivity contribution is 9.13. The molecule has 1 nitrogen and oxygen atoms in total. The van der Waals surface area contributed by atoms with E-state index in [1.54, 1.807) is 11.3 Å². The number of alkyl halides is 1. The molecule has 2 aromatic rings. The number of halogens is 3. The van der Waals surface area contributed by atoms with Gasteiger partial charge in [-0.25, -0.2) is 0 Å². The first-order chi connectivity index (χ1) is 9.38. The summed E-state index contributed by atoms with van der Waals surface area (Å²) in [6.45, 7) is 5.13. The summed E-state index contributed by atoms with van der Waals surface area (Å²) >= 11 is 15.3. The van der Waals surface area contributed by atoms with Crippen molar-refractivity contribution in [2.75, 3.05) is 6.61 Å². The number of thiophene rings is 1. The molecule has 5 heteroatoms. The SMILES string of the molecule is CC1(C)COc2ccc(C(Cl)c3cc(Br)c(Br)s3)cc21. The summed E-state index contributed by atoms with van der Waals surface area (Å²) in [6, 6.07) is 8.34. The molecule has 0 spiro atoms. The number of fused-ring (bicyclic) bond motifs is 1. The van der Waals surface area contributed by atoms with Crippen LogP contribution in [0.1, 0.15) is 35.2 Å². The van der Waals surface area contributed by atoms with Crippen LogP contribution in [0.4, 0.5) is 0 Å². The van der Waals surface area contributed by atoms with Gasteiger partial charge in [-0.3, -0.25) is 0 Å². The summed E-state index contributed by atoms with van der Waals surface area (Å²) in [5.74, 6) is 0.983. The standard InChI is InChI=1S/C15H13Br2ClOS/c1-15(2)7-19-11-4-3-8(5-9(11)15)13(18)12-6-10(16)14(17)20-12/h3-6,13H,7H2,1-2H3. The van der Waals surface area contributed by atoms with Crippen LogP contribution in [0.5, 0.6) is 5.75 Å².